The fourth-order valence-corrected chi connectivity index (χ4v) is 2.57. The highest BCUT2D eigenvalue weighted by molar-refractivity contribution is 7.85. The number of nitrogens with zero attached hydrogens (tertiary/aromatic N) is 1. The Morgan fingerprint density at radius 2 is 1.76 bits per heavy atom. The zero-order valence-electron chi connectivity index (χ0n) is 13.2. The Labute approximate surface area is 151 Å². The summed E-state index contributed by atoms with van der Waals surface area (Å²) in [7, 11) is -4.08. The summed E-state index contributed by atoms with van der Waals surface area (Å²) in [5.41, 5.74) is 6.27. The minimum Gasteiger partial charge on any atom is -0.490 e. The van der Waals surface area contributed by atoms with Crippen molar-refractivity contribution in [2.24, 2.45) is 5.73 Å². The van der Waals surface area contributed by atoms with Gasteiger partial charge in [0, 0.05) is 23.2 Å². The monoisotopic (exact) mass is 380 g/mol. The van der Waals surface area contributed by atoms with Crippen LogP contribution < -0.4 is 10.5 Å². The number of hydrogen-bond acceptors (Lipinski definition) is 5. The number of para-hydroxylation sites is 1. The van der Waals surface area contributed by atoms with Crippen molar-refractivity contribution in [1.82, 2.24) is 4.98 Å². The van der Waals surface area contributed by atoms with Crippen LogP contribution in [0.2, 0.25) is 5.02 Å². The molecule has 132 valence electrons. The van der Waals surface area contributed by atoms with Crippen LogP contribution in [0.5, 0.6) is 5.75 Å². The molecule has 0 unspecified atom stereocenters. The van der Waals surface area contributed by atoms with Gasteiger partial charge in [0.05, 0.1) is 4.90 Å². The molecule has 3 N–H and O–H groups in total. The second-order valence-corrected chi connectivity index (χ2v) is 6.76. The molecule has 0 spiro atoms. The summed E-state index contributed by atoms with van der Waals surface area (Å²) < 4.78 is 34.9. The molecular formula is C17H17ClN2O4S. The molecule has 0 aliphatic heterocycles. The normalized spacial score (nSPS) is 10.8. The first-order valence-corrected chi connectivity index (χ1v) is 9.13. The van der Waals surface area contributed by atoms with Gasteiger partial charge in [0.1, 0.15) is 17.9 Å². The molecule has 2 aromatic carbocycles. The fraction of sp³-hybridized carbons (Fsp3) is 0.118. The van der Waals surface area contributed by atoms with Crippen molar-refractivity contribution < 1.29 is 17.7 Å². The maximum absolute atomic E-state index is 10.5. The maximum Gasteiger partial charge on any atom is 0.294 e. The van der Waals surface area contributed by atoms with Gasteiger partial charge in [-0.15, -0.1) is 0 Å². The Morgan fingerprint density at radius 3 is 2.40 bits per heavy atom. The molecule has 1 heterocycles. The summed E-state index contributed by atoms with van der Waals surface area (Å²) in [6.07, 6.45) is 1.76. The van der Waals surface area contributed by atoms with Gasteiger partial charge in [0.2, 0.25) is 0 Å². The van der Waals surface area contributed by atoms with Crippen molar-refractivity contribution in [1.29, 1.82) is 0 Å². The highest BCUT2D eigenvalue weighted by Crippen LogP contribution is 2.22. The number of fused-ring (bicyclic) bond motifs is 1. The van der Waals surface area contributed by atoms with Gasteiger partial charge >= 0.3 is 0 Å². The third kappa shape index (κ3) is 5.68. The van der Waals surface area contributed by atoms with E-state index < -0.39 is 10.1 Å². The third-order valence-corrected chi connectivity index (χ3v) is 4.20. The quantitative estimate of drug-likeness (QED) is 0.674. The molecule has 0 bridgehead atoms. The average Bonchev–Trinajstić information content (AvgIpc) is 2.60. The Morgan fingerprint density at radius 1 is 1.08 bits per heavy atom. The van der Waals surface area contributed by atoms with E-state index in [9.17, 15) is 8.42 Å². The van der Waals surface area contributed by atoms with Crippen molar-refractivity contribution in [3.05, 3.63) is 65.8 Å². The van der Waals surface area contributed by atoms with E-state index in [-0.39, 0.29) is 4.90 Å². The number of rotatable bonds is 4. The zero-order chi connectivity index (χ0) is 18.3. The van der Waals surface area contributed by atoms with Gasteiger partial charge in [-0.25, -0.2) is 0 Å². The minimum atomic E-state index is -4.08. The van der Waals surface area contributed by atoms with Crippen LogP contribution in [0, 0.1) is 0 Å². The van der Waals surface area contributed by atoms with Crippen molar-refractivity contribution >= 4 is 32.6 Å². The standard InChI is InChI=1S/C11H12N2O.C6H5ClO3S/c12-6-8-14-10-5-1-3-9-4-2-7-13-11(9)10;7-5-1-3-6(4-2-5)11(8,9)10/h1-5,7H,6,8,12H2;1-4H,(H,8,9,10). The molecule has 6 nitrogen and oxygen atoms in total. The Hall–Kier alpha value is -2.19. The second-order valence-electron chi connectivity index (χ2n) is 4.90. The lowest BCUT2D eigenvalue weighted by atomic mass is 10.2. The van der Waals surface area contributed by atoms with E-state index in [1.807, 2.05) is 30.3 Å². The molecule has 0 atom stereocenters. The second kappa shape index (κ2) is 8.77. The third-order valence-electron chi connectivity index (χ3n) is 3.08. The number of benzene rings is 2. The maximum atomic E-state index is 10.5. The first-order chi connectivity index (χ1) is 11.9. The van der Waals surface area contributed by atoms with Gasteiger partial charge in [-0.2, -0.15) is 8.42 Å². The number of hydrogen-bond donors (Lipinski definition) is 2. The summed E-state index contributed by atoms with van der Waals surface area (Å²) in [6.45, 7) is 1.04. The number of aromatic nitrogens is 1. The van der Waals surface area contributed by atoms with Gasteiger partial charge in [-0.05, 0) is 36.4 Å². The molecule has 0 saturated carbocycles. The van der Waals surface area contributed by atoms with Gasteiger partial charge in [-0.3, -0.25) is 9.54 Å². The lowest BCUT2D eigenvalue weighted by molar-refractivity contribution is 0.331. The van der Waals surface area contributed by atoms with Crippen molar-refractivity contribution in [2.45, 2.75) is 4.90 Å². The first-order valence-electron chi connectivity index (χ1n) is 7.31. The van der Waals surface area contributed by atoms with Crippen molar-refractivity contribution in [3.63, 3.8) is 0 Å². The Kier molecular flexibility index (Phi) is 6.72. The number of halogens is 1. The smallest absolute Gasteiger partial charge is 0.294 e. The summed E-state index contributed by atoms with van der Waals surface area (Å²) in [6, 6.07) is 15.1. The van der Waals surface area contributed by atoms with Crippen LogP contribution in [0.4, 0.5) is 0 Å². The largest absolute Gasteiger partial charge is 0.490 e. The van der Waals surface area contributed by atoms with E-state index in [0.29, 0.717) is 18.2 Å². The number of ether oxygens (including phenoxy) is 1. The summed E-state index contributed by atoms with van der Waals surface area (Å²) in [4.78, 5) is 4.12. The van der Waals surface area contributed by atoms with Crippen LogP contribution in [-0.2, 0) is 10.1 Å². The van der Waals surface area contributed by atoms with Crippen LogP contribution in [-0.4, -0.2) is 31.1 Å². The fourth-order valence-electron chi connectivity index (χ4n) is 1.97. The molecule has 1 aromatic heterocycles. The number of pyridine rings is 1. The van der Waals surface area contributed by atoms with E-state index in [1.165, 1.54) is 24.3 Å². The average molecular weight is 381 g/mol. The van der Waals surface area contributed by atoms with E-state index in [2.05, 4.69) is 4.98 Å². The summed E-state index contributed by atoms with van der Waals surface area (Å²) >= 11 is 5.49. The molecule has 0 aliphatic carbocycles. The summed E-state index contributed by atoms with van der Waals surface area (Å²) in [5, 5.41) is 1.51. The number of nitrogens with two attached hydrogens (primary N) is 1. The molecule has 3 aromatic rings. The molecule has 0 aliphatic rings. The van der Waals surface area contributed by atoms with Gasteiger partial charge in [-0.1, -0.05) is 29.8 Å². The Bertz CT molecular complexity index is 926. The highest BCUT2D eigenvalue weighted by atomic mass is 35.5. The van der Waals surface area contributed by atoms with Gasteiger partial charge < -0.3 is 10.5 Å². The lowest BCUT2D eigenvalue weighted by Crippen LogP contribution is -2.10. The van der Waals surface area contributed by atoms with E-state index >= 15 is 0 Å². The van der Waals surface area contributed by atoms with Crippen LogP contribution in [0.1, 0.15) is 0 Å². The van der Waals surface area contributed by atoms with Crippen molar-refractivity contribution in [2.75, 3.05) is 13.2 Å². The minimum absolute atomic E-state index is 0.151. The van der Waals surface area contributed by atoms with Crippen LogP contribution >= 0.6 is 11.6 Å². The topological polar surface area (TPSA) is 103 Å². The van der Waals surface area contributed by atoms with Crippen LogP contribution in [0.3, 0.4) is 0 Å². The highest BCUT2D eigenvalue weighted by Gasteiger charge is 2.07. The van der Waals surface area contributed by atoms with Crippen molar-refractivity contribution in [3.8, 4) is 5.75 Å². The predicted molar refractivity (Wildman–Crippen MR) is 97.6 cm³/mol. The first kappa shape index (κ1) is 19.1. The zero-order valence-corrected chi connectivity index (χ0v) is 14.7. The molecule has 0 fully saturated rings. The molecular weight excluding hydrogens is 364 g/mol. The molecule has 8 heteroatoms. The van der Waals surface area contributed by atoms with Gasteiger partial charge in [0.15, 0.2) is 0 Å². The molecule has 25 heavy (non-hydrogen) atoms. The van der Waals surface area contributed by atoms with Crippen LogP contribution in [0.25, 0.3) is 10.9 Å². The van der Waals surface area contributed by atoms with E-state index in [1.54, 1.807) is 6.20 Å². The van der Waals surface area contributed by atoms with E-state index in [0.717, 1.165) is 16.7 Å². The predicted octanol–water partition coefficient (Wildman–Crippen LogP) is 3.16. The summed E-state index contributed by atoms with van der Waals surface area (Å²) in [5.74, 6) is 0.800. The van der Waals surface area contributed by atoms with Gasteiger partial charge in [0.25, 0.3) is 10.1 Å². The lowest BCUT2D eigenvalue weighted by Gasteiger charge is -2.06. The Balaban J connectivity index is 0.000000186. The molecule has 0 saturated heterocycles. The SMILES string of the molecule is NCCOc1cccc2cccnc12.O=S(=O)(O)c1ccc(Cl)cc1. The molecule has 0 radical (unpaired) electrons. The van der Waals surface area contributed by atoms with E-state index in [4.69, 9.17) is 26.6 Å². The molecule has 3 rings (SSSR count). The van der Waals surface area contributed by atoms with Crippen LogP contribution in [0.15, 0.2) is 65.7 Å². The molecule has 0 amide bonds.